The van der Waals surface area contributed by atoms with Crippen molar-refractivity contribution in [3.8, 4) is 6.26 Å². The minimum Gasteiger partial charge on any atom is -0.478 e. The summed E-state index contributed by atoms with van der Waals surface area (Å²) >= 11 is 0. The van der Waals surface area contributed by atoms with E-state index in [0.717, 1.165) is 6.26 Å². The molecule has 6 heteroatoms. The number of carbonyl (C=O) groups is 2. The van der Waals surface area contributed by atoms with Crippen LogP contribution >= 0.6 is 0 Å². The molecular weight excluding hydrogens is 202 g/mol. The lowest BCUT2D eigenvalue weighted by molar-refractivity contribution is 0.0681. The summed E-state index contributed by atoms with van der Waals surface area (Å²) in [5.74, 6) is -2.13. The molecule has 0 unspecified atom stereocenters. The number of carboxylic acids is 2. The largest absolute Gasteiger partial charge is 0.478 e. The predicted octanol–water partition coefficient (Wildman–Crippen LogP) is 0.923. The van der Waals surface area contributed by atoms with Gasteiger partial charge in [0.2, 0.25) is 0 Å². The molecule has 0 bridgehead atoms. The van der Waals surface area contributed by atoms with Crippen LogP contribution in [0.25, 0.3) is 0 Å². The molecule has 1 aromatic rings. The van der Waals surface area contributed by atoms with Crippen LogP contribution in [-0.4, -0.2) is 27.3 Å². The highest BCUT2D eigenvalue weighted by atomic mass is 16.4. The fraction of sp³-hybridized carbons (Fsp3) is 0. The van der Waals surface area contributed by atoms with E-state index in [9.17, 15) is 9.59 Å². The van der Waals surface area contributed by atoms with Crippen LogP contribution in [0, 0.1) is 11.5 Å². The zero-order chi connectivity index (χ0) is 11.8. The third-order valence-corrected chi connectivity index (χ3v) is 1.38. The van der Waals surface area contributed by atoms with Gasteiger partial charge >= 0.3 is 11.9 Å². The highest BCUT2D eigenvalue weighted by molar-refractivity contribution is 5.91. The maximum atomic E-state index is 10.3. The summed E-state index contributed by atoms with van der Waals surface area (Å²) in [4.78, 5) is 20.7. The molecule has 0 aromatic heterocycles. The van der Waals surface area contributed by atoms with Crippen LogP contribution in [0.4, 0.5) is 0 Å². The van der Waals surface area contributed by atoms with Crippen LogP contribution in [0.1, 0.15) is 20.7 Å². The molecule has 0 saturated heterocycles. The van der Waals surface area contributed by atoms with Gasteiger partial charge in [0.15, 0.2) is 0 Å². The van der Waals surface area contributed by atoms with Gasteiger partial charge in [0.05, 0.1) is 11.1 Å². The number of hydrogen-bond donors (Lipinski definition) is 3. The Labute approximate surface area is 84.6 Å². The molecule has 3 N–H and O–H groups in total. The molecule has 1 aromatic carbocycles. The molecule has 0 saturated carbocycles. The molecule has 0 radical (unpaired) electrons. The van der Waals surface area contributed by atoms with Gasteiger partial charge < -0.3 is 15.3 Å². The van der Waals surface area contributed by atoms with Gasteiger partial charge in [-0.2, -0.15) is 5.26 Å². The molecule has 0 spiro atoms. The second kappa shape index (κ2) is 5.99. The Morgan fingerprint density at radius 1 is 1.00 bits per heavy atom. The van der Waals surface area contributed by atoms with Crippen molar-refractivity contribution < 1.29 is 24.9 Å². The second-order valence-corrected chi connectivity index (χ2v) is 2.29. The zero-order valence-corrected chi connectivity index (χ0v) is 7.41. The quantitative estimate of drug-likeness (QED) is 0.623. The van der Waals surface area contributed by atoms with Gasteiger partial charge in [-0.3, -0.25) is 0 Å². The molecule has 6 nitrogen and oxygen atoms in total. The fourth-order valence-electron chi connectivity index (χ4n) is 0.755. The molecule has 78 valence electrons. The molecular formula is C9H7NO5. The minimum absolute atomic E-state index is 0.0833. The number of aromatic carboxylic acids is 2. The first kappa shape index (κ1) is 12.4. The molecule has 0 aliphatic rings. The van der Waals surface area contributed by atoms with Crippen molar-refractivity contribution in [2.75, 3.05) is 0 Å². The maximum Gasteiger partial charge on any atom is 0.335 e. The van der Waals surface area contributed by atoms with Crippen molar-refractivity contribution >= 4 is 11.9 Å². The van der Waals surface area contributed by atoms with E-state index in [1.807, 2.05) is 0 Å². The third-order valence-electron chi connectivity index (χ3n) is 1.38. The highest BCUT2D eigenvalue weighted by Crippen LogP contribution is 2.03. The Balaban J connectivity index is 0.000000583. The van der Waals surface area contributed by atoms with Crippen molar-refractivity contribution in [3.05, 3.63) is 35.4 Å². The average Bonchev–Trinajstić information content (AvgIpc) is 2.19. The zero-order valence-electron chi connectivity index (χ0n) is 7.41. The summed E-state index contributed by atoms with van der Waals surface area (Å²) < 4.78 is 0. The Kier molecular flexibility index (Phi) is 4.97. The van der Waals surface area contributed by atoms with E-state index in [-0.39, 0.29) is 11.1 Å². The van der Waals surface area contributed by atoms with Crippen molar-refractivity contribution in [1.29, 1.82) is 5.26 Å². The van der Waals surface area contributed by atoms with Gasteiger partial charge in [-0.05, 0) is 24.3 Å². The lowest BCUT2D eigenvalue weighted by atomic mass is 10.1. The Hall–Kier alpha value is -2.55. The first-order valence-corrected chi connectivity index (χ1v) is 3.62. The SMILES string of the molecule is N#CO.O=C(O)c1ccc(C(=O)O)cc1. The Morgan fingerprint density at radius 2 is 1.20 bits per heavy atom. The summed E-state index contributed by atoms with van der Waals surface area (Å²) in [5, 5.41) is 30.7. The number of benzene rings is 1. The average molecular weight is 209 g/mol. The molecule has 0 aliphatic carbocycles. The summed E-state index contributed by atoms with van der Waals surface area (Å²) in [6.07, 6.45) is 0.750. The van der Waals surface area contributed by atoms with Crippen LogP contribution in [0.5, 0.6) is 0 Å². The molecule has 0 amide bonds. The van der Waals surface area contributed by atoms with Crippen LogP contribution < -0.4 is 0 Å². The topological polar surface area (TPSA) is 119 Å². The van der Waals surface area contributed by atoms with Crippen LogP contribution in [0.2, 0.25) is 0 Å². The van der Waals surface area contributed by atoms with Gasteiger partial charge in [-0.25, -0.2) is 9.59 Å². The molecule has 1 rings (SSSR count). The van der Waals surface area contributed by atoms with E-state index >= 15 is 0 Å². The Bertz CT molecular complexity index is 357. The number of nitrogens with zero attached hydrogens (tertiary/aromatic N) is 1. The number of hydrogen-bond acceptors (Lipinski definition) is 4. The van der Waals surface area contributed by atoms with E-state index in [1.54, 1.807) is 0 Å². The smallest absolute Gasteiger partial charge is 0.335 e. The monoisotopic (exact) mass is 209 g/mol. The standard InChI is InChI=1S/C8H6O4.CHNO/c9-7(10)5-1-2-6(4-3-5)8(11)12;2-1-3/h1-4H,(H,9,10)(H,11,12);3H. The number of carboxylic acid groups (broad SMARTS) is 2. The normalized spacial score (nSPS) is 7.93. The van der Waals surface area contributed by atoms with Crippen molar-refractivity contribution in [2.45, 2.75) is 0 Å². The van der Waals surface area contributed by atoms with Gasteiger partial charge in [0.25, 0.3) is 6.26 Å². The van der Waals surface area contributed by atoms with Crippen molar-refractivity contribution in [3.63, 3.8) is 0 Å². The lowest BCUT2D eigenvalue weighted by Gasteiger charge is -1.94. The summed E-state index contributed by atoms with van der Waals surface area (Å²) in [6.45, 7) is 0. The Morgan fingerprint density at radius 3 is 1.33 bits per heavy atom. The van der Waals surface area contributed by atoms with Crippen LogP contribution in [0.3, 0.4) is 0 Å². The maximum absolute atomic E-state index is 10.3. The van der Waals surface area contributed by atoms with E-state index in [4.69, 9.17) is 20.6 Å². The highest BCUT2D eigenvalue weighted by Gasteiger charge is 2.04. The van der Waals surface area contributed by atoms with Gasteiger partial charge in [-0.1, -0.05) is 0 Å². The summed E-state index contributed by atoms with van der Waals surface area (Å²) in [5.41, 5.74) is 0.167. The number of nitriles is 1. The van der Waals surface area contributed by atoms with E-state index < -0.39 is 11.9 Å². The number of aliphatic hydroxyl groups excluding tert-OH is 1. The van der Waals surface area contributed by atoms with Gasteiger partial charge in [-0.15, -0.1) is 0 Å². The molecule has 0 aliphatic heterocycles. The first-order valence-electron chi connectivity index (χ1n) is 3.62. The van der Waals surface area contributed by atoms with E-state index in [2.05, 4.69) is 0 Å². The molecule has 0 fully saturated rings. The van der Waals surface area contributed by atoms with Gasteiger partial charge in [0.1, 0.15) is 0 Å². The number of rotatable bonds is 2. The minimum atomic E-state index is -1.06. The van der Waals surface area contributed by atoms with Crippen LogP contribution in [0.15, 0.2) is 24.3 Å². The van der Waals surface area contributed by atoms with Crippen molar-refractivity contribution in [1.82, 2.24) is 0 Å². The molecule has 15 heavy (non-hydrogen) atoms. The lowest BCUT2D eigenvalue weighted by Crippen LogP contribution is -1.99. The van der Waals surface area contributed by atoms with Crippen LogP contribution in [-0.2, 0) is 0 Å². The summed E-state index contributed by atoms with van der Waals surface area (Å²) in [6, 6.07) is 5.02. The van der Waals surface area contributed by atoms with Crippen molar-refractivity contribution in [2.24, 2.45) is 0 Å². The van der Waals surface area contributed by atoms with E-state index in [0.29, 0.717) is 0 Å². The predicted molar refractivity (Wildman–Crippen MR) is 47.9 cm³/mol. The fourth-order valence-corrected chi connectivity index (χ4v) is 0.755. The summed E-state index contributed by atoms with van der Waals surface area (Å²) in [7, 11) is 0. The van der Waals surface area contributed by atoms with Gasteiger partial charge in [0, 0.05) is 0 Å². The first-order chi connectivity index (χ1) is 7.02. The molecule has 0 heterocycles. The second-order valence-electron chi connectivity index (χ2n) is 2.29. The van der Waals surface area contributed by atoms with E-state index in [1.165, 1.54) is 24.3 Å². The number of aliphatic hydroxyl groups is 1. The molecule has 0 atom stereocenters. The third kappa shape index (κ3) is 4.28.